The van der Waals surface area contributed by atoms with E-state index in [0.717, 1.165) is 17.5 Å². The third kappa shape index (κ3) is 2.46. The van der Waals surface area contributed by atoms with Gasteiger partial charge in [-0.3, -0.25) is 0 Å². The van der Waals surface area contributed by atoms with Crippen LogP contribution in [0, 0.1) is 6.92 Å². The van der Waals surface area contributed by atoms with Crippen LogP contribution in [0.4, 0.5) is 0 Å². The third-order valence-corrected chi connectivity index (χ3v) is 2.40. The van der Waals surface area contributed by atoms with Gasteiger partial charge in [-0.2, -0.15) is 0 Å². The summed E-state index contributed by atoms with van der Waals surface area (Å²) >= 11 is 0. The normalized spacial score (nSPS) is 12.8. The van der Waals surface area contributed by atoms with Crippen LogP contribution in [0.2, 0.25) is 0 Å². The van der Waals surface area contributed by atoms with E-state index in [1.165, 1.54) is 0 Å². The van der Waals surface area contributed by atoms with Crippen LogP contribution in [-0.4, -0.2) is 11.7 Å². The van der Waals surface area contributed by atoms with Crippen LogP contribution in [0.15, 0.2) is 18.2 Å². The molecule has 0 radical (unpaired) electrons. The molecule has 1 rings (SSSR count). The molecular weight excluding hydrogens is 162 g/mol. The topological polar surface area (TPSA) is 46.2 Å². The maximum Gasteiger partial charge on any atom is 0.118 e. The Hall–Kier alpha value is -1.02. The summed E-state index contributed by atoms with van der Waals surface area (Å²) < 4.78 is 0. The summed E-state index contributed by atoms with van der Waals surface area (Å²) in [6.45, 7) is 4.71. The highest BCUT2D eigenvalue weighted by molar-refractivity contribution is 5.36. The molecule has 0 aliphatic heterocycles. The Morgan fingerprint density at radius 3 is 2.69 bits per heavy atom. The van der Waals surface area contributed by atoms with Crippen LogP contribution in [-0.2, 0) is 0 Å². The Kier molecular flexibility index (Phi) is 3.32. The second-order valence-electron chi connectivity index (χ2n) is 3.52. The molecule has 1 atom stereocenters. The fraction of sp³-hybridized carbons (Fsp3) is 0.455. The van der Waals surface area contributed by atoms with E-state index >= 15 is 0 Å². The van der Waals surface area contributed by atoms with Crippen molar-refractivity contribution in [3.8, 4) is 5.75 Å². The molecule has 0 spiro atoms. The van der Waals surface area contributed by atoms with Crippen molar-refractivity contribution in [3.05, 3.63) is 29.3 Å². The monoisotopic (exact) mass is 179 g/mol. The summed E-state index contributed by atoms with van der Waals surface area (Å²) in [6, 6.07) is 5.82. The fourth-order valence-corrected chi connectivity index (χ4v) is 1.35. The Balaban J connectivity index is 2.84. The molecule has 0 saturated heterocycles. The number of aromatic hydroxyl groups is 1. The molecule has 1 aromatic rings. The van der Waals surface area contributed by atoms with Crippen molar-refractivity contribution in [1.82, 2.24) is 0 Å². The van der Waals surface area contributed by atoms with E-state index in [-0.39, 0.29) is 0 Å². The summed E-state index contributed by atoms with van der Waals surface area (Å²) in [5.41, 5.74) is 7.55. The lowest BCUT2D eigenvalue weighted by molar-refractivity contribution is 0.469. The molecule has 1 aromatic carbocycles. The summed E-state index contributed by atoms with van der Waals surface area (Å²) in [4.78, 5) is 0. The molecule has 3 N–H and O–H groups in total. The van der Waals surface area contributed by atoms with Crippen LogP contribution >= 0.6 is 0 Å². The minimum absolute atomic E-state index is 0.376. The van der Waals surface area contributed by atoms with Crippen molar-refractivity contribution < 1.29 is 5.11 Å². The number of phenols is 1. The summed E-state index contributed by atoms with van der Waals surface area (Å²) in [7, 11) is 0. The highest BCUT2D eigenvalue weighted by Crippen LogP contribution is 2.24. The zero-order chi connectivity index (χ0) is 9.84. The van der Waals surface area contributed by atoms with E-state index in [0.29, 0.717) is 18.2 Å². The van der Waals surface area contributed by atoms with Gasteiger partial charge in [0.2, 0.25) is 0 Å². The molecule has 0 fully saturated rings. The van der Waals surface area contributed by atoms with E-state index in [9.17, 15) is 5.11 Å². The Bertz CT molecular complexity index is 283. The zero-order valence-corrected chi connectivity index (χ0v) is 8.25. The van der Waals surface area contributed by atoms with Crippen LogP contribution in [0.5, 0.6) is 5.75 Å². The van der Waals surface area contributed by atoms with Crippen molar-refractivity contribution in [3.63, 3.8) is 0 Å². The number of nitrogens with two attached hydrogens (primary N) is 1. The molecule has 0 aliphatic carbocycles. The fourth-order valence-electron chi connectivity index (χ4n) is 1.35. The number of hydrogen-bond acceptors (Lipinski definition) is 2. The van der Waals surface area contributed by atoms with Gasteiger partial charge >= 0.3 is 0 Å². The zero-order valence-electron chi connectivity index (χ0n) is 8.25. The minimum atomic E-state index is 0.376. The molecule has 1 unspecified atom stereocenters. The van der Waals surface area contributed by atoms with Crippen LogP contribution in [0.1, 0.15) is 30.4 Å². The molecule has 2 heteroatoms. The molecule has 0 bridgehead atoms. The molecule has 72 valence electrons. The first kappa shape index (κ1) is 10.1. The van der Waals surface area contributed by atoms with Gasteiger partial charge in [-0.1, -0.05) is 19.1 Å². The van der Waals surface area contributed by atoms with E-state index in [1.807, 2.05) is 19.1 Å². The Labute approximate surface area is 79.4 Å². The summed E-state index contributed by atoms with van der Waals surface area (Å²) in [5.74, 6) is 0.804. The van der Waals surface area contributed by atoms with Gasteiger partial charge in [0.15, 0.2) is 0 Å². The quantitative estimate of drug-likeness (QED) is 0.746. The van der Waals surface area contributed by atoms with Crippen molar-refractivity contribution in [2.24, 2.45) is 5.73 Å². The first-order chi connectivity index (χ1) is 6.15. The lowest BCUT2D eigenvalue weighted by Gasteiger charge is -2.11. The average molecular weight is 179 g/mol. The summed E-state index contributed by atoms with van der Waals surface area (Å²) in [5, 5.41) is 9.49. The van der Waals surface area contributed by atoms with Crippen LogP contribution in [0.3, 0.4) is 0 Å². The van der Waals surface area contributed by atoms with E-state index < -0.39 is 0 Å². The molecule has 0 aromatic heterocycles. The second-order valence-corrected chi connectivity index (χ2v) is 3.52. The predicted molar refractivity (Wildman–Crippen MR) is 54.9 cm³/mol. The smallest absolute Gasteiger partial charge is 0.118 e. The van der Waals surface area contributed by atoms with Gasteiger partial charge in [0.25, 0.3) is 0 Å². The van der Waals surface area contributed by atoms with E-state index in [4.69, 9.17) is 5.73 Å². The predicted octanol–water partition coefficient (Wildman–Crippen LogP) is 2.15. The number of hydrogen-bond donors (Lipinski definition) is 2. The summed E-state index contributed by atoms with van der Waals surface area (Å²) in [6.07, 6.45) is 0.961. The van der Waals surface area contributed by atoms with Gasteiger partial charge < -0.3 is 10.8 Å². The first-order valence-electron chi connectivity index (χ1n) is 4.64. The largest absolute Gasteiger partial charge is 0.508 e. The highest BCUT2D eigenvalue weighted by atomic mass is 16.3. The lowest BCUT2D eigenvalue weighted by Crippen LogP contribution is -2.04. The van der Waals surface area contributed by atoms with Gasteiger partial charge in [0.1, 0.15) is 5.75 Å². The first-order valence-corrected chi connectivity index (χ1v) is 4.64. The van der Waals surface area contributed by atoms with E-state index in [2.05, 4.69) is 13.0 Å². The van der Waals surface area contributed by atoms with Gasteiger partial charge in [-0.15, -0.1) is 0 Å². The molecule has 0 amide bonds. The molecular formula is C11H17NO. The molecule has 0 heterocycles. The van der Waals surface area contributed by atoms with Gasteiger partial charge in [-0.25, -0.2) is 0 Å². The number of phenolic OH excluding ortho intramolecular Hbond substituents is 1. The molecule has 0 saturated carbocycles. The van der Waals surface area contributed by atoms with Crippen LogP contribution < -0.4 is 5.73 Å². The van der Waals surface area contributed by atoms with Gasteiger partial charge in [-0.05, 0) is 43.0 Å². The van der Waals surface area contributed by atoms with Crippen LogP contribution in [0.25, 0.3) is 0 Å². The van der Waals surface area contributed by atoms with Crippen molar-refractivity contribution in [2.75, 3.05) is 6.54 Å². The van der Waals surface area contributed by atoms with Crippen molar-refractivity contribution in [2.45, 2.75) is 26.2 Å². The number of aryl methyl sites for hydroxylation is 1. The van der Waals surface area contributed by atoms with Gasteiger partial charge in [0, 0.05) is 0 Å². The number of rotatable bonds is 3. The van der Waals surface area contributed by atoms with Crippen molar-refractivity contribution in [1.29, 1.82) is 0 Å². The third-order valence-electron chi connectivity index (χ3n) is 2.40. The molecule has 2 nitrogen and oxygen atoms in total. The standard InChI is InChI=1S/C11H17NO/c1-8(5-6-12)10-4-3-9(2)11(13)7-10/h3-4,7-8,13H,5-6,12H2,1-2H3. The maximum atomic E-state index is 9.49. The Morgan fingerprint density at radius 2 is 2.15 bits per heavy atom. The average Bonchev–Trinajstić information content (AvgIpc) is 2.10. The maximum absolute atomic E-state index is 9.49. The molecule has 13 heavy (non-hydrogen) atoms. The van der Waals surface area contributed by atoms with Gasteiger partial charge in [0.05, 0.1) is 0 Å². The van der Waals surface area contributed by atoms with E-state index in [1.54, 1.807) is 0 Å². The highest BCUT2D eigenvalue weighted by Gasteiger charge is 2.05. The Morgan fingerprint density at radius 1 is 1.46 bits per heavy atom. The minimum Gasteiger partial charge on any atom is -0.508 e. The second kappa shape index (κ2) is 4.28. The number of benzene rings is 1. The van der Waals surface area contributed by atoms with Crippen molar-refractivity contribution >= 4 is 0 Å². The lowest BCUT2D eigenvalue weighted by atomic mass is 9.96. The SMILES string of the molecule is Cc1ccc(C(C)CCN)cc1O. The molecule has 0 aliphatic rings.